The highest BCUT2D eigenvalue weighted by atomic mass is 15.3. The summed E-state index contributed by atoms with van der Waals surface area (Å²) in [4.78, 5) is 6.43. The Balaban J connectivity index is 1.53. The van der Waals surface area contributed by atoms with Crippen molar-refractivity contribution in [3.05, 3.63) is 0 Å². The van der Waals surface area contributed by atoms with E-state index in [1.165, 1.54) is 51.4 Å². The number of aliphatic imine (C=N–C) groups is 1. The van der Waals surface area contributed by atoms with E-state index in [9.17, 15) is 0 Å². The van der Waals surface area contributed by atoms with E-state index in [2.05, 4.69) is 9.89 Å². The van der Waals surface area contributed by atoms with Crippen molar-refractivity contribution in [3.63, 3.8) is 0 Å². The molecular formula is C13H25N3. The molecule has 16 heavy (non-hydrogen) atoms. The third-order valence-corrected chi connectivity index (χ3v) is 3.98. The fourth-order valence-electron chi connectivity index (χ4n) is 2.94. The lowest BCUT2D eigenvalue weighted by Crippen LogP contribution is -2.34. The predicted molar refractivity (Wildman–Crippen MR) is 68.5 cm³/mol. The highest BCUT2D eigenvalue weighted by Gasteiger charge is 2.14. The molecule has 1 heterocycles. The molecule has 0 spiro atoms. The molecule has 1 saturated carbocycles. The first-order valence-electron chi connectivity index (χ1n) is 6.91. The van der Waals surface area contributed by atoms with Crippen molar-refractivity contribution < 1.29 is 0 Å². The number of rotatable bonds is 5. The first-order chi connectivity index (χ1) is 7.86. The molecule has 1 aliphatic carbocycles. The zero-order valence-electron chi connectivity index (χ0n) is 10.3. The molecule has 3 nitrogen and oxygen atoms in total. The van der Waals surface area contributed by atoms with Crippen molar-refractivity contribution >= 4 is 5.96 Å². The molecule has 0 aromatic heterocycles. The Morgan fingerprint density at radius 3 is 2.69 bits per heavy atom. The smallest absolute Gasteiger partial charge is 0.191 e. The molecule has 1 aliphatic heterocycles. The third-order valence-electron chi connectivity index (χ3n) is 3.98. The zero-order chi connectivity index (χ0) is 11.2. The molecule has 0 bridgehead atoms. The molecule has 0 radical (unpaired) electrons. The number of hydrogen-bond donors (Lipinski definition) is 1. The van der Waals surface area contributed by atoms with Gasteiger partial charge in [-0.3, -0.25) is 4.99 Å². The lowest BCUT2D eigenvalue weighted by atomic mass is 9.86. The van der Waals surface area contributed by atoms with Crippen LogP contribution in [-0.2, 0) is 0 Å². The molecule has 0 saturated heterocycles. The van der Waals surface area contributed by atoms with Gasteiger partial charge in [-0.25, -0.2) is 0 Å². The summed E-state index contributed by atoms with van der Waals surface area (Å²) >= 11 is 0. The van der Waals surface area contributed by atoms with E-state index < -0.39 is 0 Å². The molecule has 0 aromatic rings. The minimum Gasteiger partial charge on any atom is -0.370 e. The van der Waals surface area contributed by atoms with Crippen LogP contribution < -0.4 is 5.73 Å². The normalized spacial score (nSPS) is 22.5. The van der Waals surface area contributed by atoms with Crippen LogP contribution >= 0.6 is 0 Å². The average Bonchev–Trinajstić information content (AvgIpc) is 2.72. The van der Waals surface area contributed by atoms with Gasteiger partial charge < -0.3 is 10.6 Å². The molecule has 2 rings (SSSR count). The van der Waals surface area contributed by atoms with Crippen LogP contribution in [0.1, 0.15) is 51.4 Å². The van der Waals surface area contributed by atoms with Gasteiger partial charge in [0, 0.05) is 13.1 Å². The summed E-state index contributed by atoms with van der Waals surface area (Å²) in [5.74, 6) is 1.79. The van der Waals surface area contributed by atoms with E-state index in [4.69, 9.17) is 5.73 Å². The van der Waals surface area contributed by atoms with Gasteiger partial charge in [0.15, 0.2) is 5.96 Å². The van der Waals surface area contributed by atoms with Crippen LogP contribution in [0.2, 0.25) is 0 Å². The maximum absolute atomic E-state index is 5.78. The second-order valence-corrected chi connectivity index (χ2v) is 5.23. The monoisotopic (exact) mass is 223 g/mol. The van der Waals surface area contributed by atoms with E-state index in [0.29, 0.717) is 0 Å². The Morgan fingerprint density at radius 2 is 2.00 bits per heavy atom. The molecule has 2 N–H and O–H groups in total. The maximum atomic E-state index is 5.78. The second-order valence-electron chi connectivity index (χ2n) is 5.23. The van der Waals surface area contributed by atoms with E-state index in [1.54, 1.807) is 0 Å². The number of hydrogen-bond acceptors (Lipinski definition) is 3. The Kier molecular flexibility index (Phi) is 4.49. The summed E-state index contributed by atoms with van der Waals surface area (Å²) < 4.78 is 0. The number of unbranched alkanes of at least 4 members (excludes halogenated alkanes) is 1. The molecule has 3 heteroatoms. The molecule has 92 valence electrons. The summed E-state index contributed by atoms with van der Waals surface area (Å²) in [6.07, 6.45) is 11.5. The molecule has 0 atom stereocenters. The molecular weight excluding hydrogens is 198 g/mol. The van der Waals surface area contributed by atoms with Crippen LogP contribution in [0.3, 0.4) is 0 Å². The van der Waals surface area contributed by atoms with Gasteiger partial charge in [0.25, 0.3) is 0 Å². The highest BCUT2D eigenvalue weighted by Crippen LogP contribution is 2.27. The van der Waals surface area contributed by atoms with Crippen LogP contribution in [0, 0.1) is 5.92 Å². The minimum atomic E-state index is 0.762. The maximum Gasteiger partial charge on any atom is 0.191 e. The van der Waals surface area contributed by atoms with Crippen molar-refractivity contribution in [2.45, 2.75) is 51.4 Å². The summed E-state index contributed by atoms with van der Waals surface area (Å²) in [5, 5.41) is 0. The molecule has 0 amide bonds. The van der Waals surface area contributed by atoms with E-state index in [1.807, 2.05) is 0 Å². The van der Waals surface area contributed by atoms with Crippen LogP contribution in [0.15, 0.2) is 4.99 Å². The van der Waals surface area contributed by atoms with Crippen LogP contribution in [0.5, 0.6) is 0 Å². The quantitative estimate of drug-likeness (QED) is 0.727. The van der Waals surface area contributed by atoms with Crippen molar-refractivity contribution in [1.82, 2.24) is 4.90 Å². The molecule has 1 fully saturated rings. The lowest BCUT2D eigenvalue weighted by Gasteiger charge is -2.22. The Hall–Kier alpha value is -0.730. The van der Waals surface area contributed by atoms with E-state index in [0.717, 1.165) is 31.5 Å². The largest absolute Gasteiger partial charge is 0.370 e. The third kappa shape index (κ3) is 3.39. The van der Waals surface area contributed by atoms with Crippen molar-refractivity contribution in [1.29, 1.82) is 0 Å². The van der Waals surface area contributed by atoms with Crippen molar-refractivity contribution in [3.8, 4) is 0 Å². The predicted octanol–water partition coefficient (Wildman–Crippen LogP) is 2.37. The molecule has 2 aliphatic rings. The second kappa shape index (κ2) is 6.12. The summed E-state index contributed by atoms with van der Waals surface area (Å²) in [6, 6.07) is 0. The topological polar surface area (TPSA) is 41.6 Å². The zero-order valence-corrected chi connectivity index (χ0v) is 10.3. The van der Waals surface area contributed by atoms with E-state index >= 15 is 0 Å². The number of nitrogens with two attached hydrogens (primary N) is 1. The Labute approximate surface area is 99.1 Å². The highest BCUT2D eigenvalue weighted by molar-refractivity contribution is 5.79. The van der Waals surface area contributed by atoms with Crippen LogP contribution in [-0.4, -0.2) is 30.5 Å². The van der Waals surface area contributed by atoms with Gasteiger partial charge in [-0.2, -0.15) is 0 Å². The minimum absolute atomic E-state index is 0.762. The summed E-state index contributed by atoms with van der Waals surface area (Å²) in [6.45, 7) is 3.05. The van der Waals surface area contributed by atoms with Crippen molar-refractivity contribution in [2.75, 3.05) is 19.6 Å². The summed E-state index contributed by atoms with van der Waals surface area (Å²) in [7, 11) is 0. The van der Waals surface area contributed by atoms with Crippen LogP contribution in [0.25, 0.3) is 0 Å². The number of guanidine groups is 1. The van der Waals surface area contributed by atoms with E-state index in [-0.39, 0.29) is 0 Å². The van der Waals surface area contributed by atoms with Gasteiger partial charge in [-0.05, 0) is 12.3 Å². The van der Waals surface area contributed by atoms with Gasteiger partial charge in [0.05, 0.1) is 6.54 Å². The fraction of sp³-hybridized carbons (Fsp3) is 0.923. The van der Waals surface area contributed by atoms with Crippen molar-refractivity contribution in [2.24, 2.45) is 16.6 Å². The Morgan fingerprint density at radius 1 is 1.19 bits per heavy atom. The lowest BCUT2D eigenvalue weighted by molar-refractivity contribution is 0.322. The number of nitrogens with zero attached hydrogens (tertiary/aromatic N) is 2. The fourth-order valence-corrected chi connectivity index (χ4v) is 2.94. The summed E-state index contributed by atoms with van der Waals surface area (Å²) in [5.41, 5.74) is 5.78. The molecule has 0 aromatic carbocycles. The van der Waals surface area contributed by atoms with Gasteiger partial charge in [-0.15, -0.1) is 0 Å². The first-order valence-corrected chi connectivity index (χ1v) is 6.91. The van der Waals surface area contributed by atoms with Gasteiger partial charge in [0.2, 0.25) is 0 Å². The Bertz CT molecular complexity index is 231. The molecule has 0 unspecified atom stereocenters. The first kappa shape index (κ1) is 11.7. The average molecular weight is 223 g/mol. The van der Waals surface area contributed by atoms with Gasteiger partial charge >= 0.3 is 0 Å². The SMILES string of the molecule is NC1=NCCN1CCCCC1CCCCC1. The standard InChI is InChI=1S/C13H25N3/c14-13-15-9-11-16(13)10-5-4-8-12-6-2-1-3-7-12/h12H,1-11H2,(H2,14,15). The van der Waals surface area contributed by atoms with Crippen LogP contribution in [0.4, 0.5) is 0 Å². The van der Waals surface area contributed by atoms with Gasteiger partial charge in [0.1, 0.15) is 0 Å². The van der Waals surface area contributed by atoms with Gasteiger partial charge in [-0.1, -0.05) is 44.9 Å².